The summed E-state index contributed by atoms with van der Waals surface area (Å²) in [6.45, 7) is 6.29. The van der Waals surface area contributed by atoms with Crippen molar-refractivity contribution in [1.29, 1.82) is 0 Å². The van der Waals surface area contributed by atoms with Crippen molar-refractivity contribution in [3.8, 4) is 0 Å². The molecular formula is C11H20N2OS. The van der Waals surface area contributed by atoms with Gasteiger partial charge < -0.3 is 11.1 Å². The first-order valence-electron chi connectivity index (χ1n) is 5.55. The van der Waals surface area contributed by atoms with Crippen LogP contribution < -0.4 is 11.1 Å². The smallest absolute Gasteiger partial charge is 0.233 e. The first-order chi connectivity index (χ1) is 6.94. The van der Waals surface area contributed by atoms with Crippen LogP contribution >= 0.6 is 12.2 Å². The van der Waals surface area contributed by atoms with Crippen LogP contribution in [0.25, 0.3) is 0 Å². The number of carbonyl (C=O) groups excluding carboxylic acids is 1. The van der Waals surface area contributed by atoms with E-state index in [1.165, 1.54) is 0 Å². The second kappa shape index (κ2) is 4.47. The number of carbonyl (C=O) groups is 1. The minimum Gasteiger partial charge on any atom is -0.392 e. The van der Waals surface area contributed by atoms with Crippen molar-refractivity contribution < 1.29 is 4.79 Å². The molecule has 0 aromatic carbocycles. The SMILES string of the molecule is CCC(NC(=O)C1(C(N)=S)CC1)C(C)C. The number of nitrogens with two attached hydrogens (primary N) is 1. The van der Waals surface area contributed by atoms with E-state index in [2.05, 4.69) is 26.1 Å². The molecule has 86 valence electrons. The van der Waals surface area contributed by atoms with Crippen molar-refractivity contribution in [3.63, 3.8) is 0 Å². The van der Waals surface area contributed by atoms with Crippen molar-refractivity contribution in [2.75, 3.05) is 0 Å². The minimum absolute atomic E-state index is 0.0237. The molecule has 0 heterocycles. The zero-order chi connectivity index (χ0) is 11.6. The van der Waals surface area contributed by atoms with Gasteiger partial charge >= 0.3 is 0 Å². The summed E-state index contributed by atoms with van der Waals surface area (Å²) in [6.07, 6.45) is 2.56. The lowest BCUT2D eigenvalue weighted by Gasteiger charge is -2.23. The Morgan fingerprint density at radius 2 is 2.07 bits per heavy atom. The van der Waals surface area contributed by atoms with Crippen LogP contribution in [0.1, 0.15) is 40.0 Å². The summed E-state index contributed by atoms with van der Waals surface area (Å²) in [7, 11) is 0. The number of hydrogen-bond acceptors (Lipinski definition) is 2. The van der Waals surface area contributed by atoms with Crippen LogP contribution in [-0.4, -0.2) is 16.9 Å². The topological polar surface area (TPSA) is 55.1 Å². The third-order valence-electron chi connectivity index (χ3n) is 3.22. The fourth-order valence-electron chi connectivity index (χ4n) is 1.76. The molecule has 1 rings (SSSR count). The largest absolute Gasteiger partial charge is 0.392 e. The van der Waals surface area contributed by atoms with E-state index in [0.29, 0.717) is 10.9 Å². The Morgan fingerprint density at radius 1 is 1.53 bits per heavy atom. The van der Waals surface area contributed by atoms with Gasteiger partial charge in [0.2, 0.25) is 5.91 Å². The van der Waals surface area contributed by atoms with Crippen molar-refractivity contribution in [2.24, 2.45) is 17.1 Å². The lowest BCUT2D eigenvalue weighted by atomic mass is 9.99. The molecule has 1 aliphatic carbocycles. The summed E-state index contributed by atoms with van der Waals surface area (Å²) in [5.41, 5.74) is 5.08. The first-order valence-corrected chi connectivity index (χ1v) is 5.95. The van der Waals surface area contributed by atoms with Gasteiger partial charge in [-0.25, -0.2) is 0 Å². The van der Waals surface area contributed by atoms with E-state index in [1.54, 1.807) is 0 Å². The highest BCUT2D eigenvalue weighted by molar-refractivity contribution is 7.80. The fourth-order valence-corrected chi connectivity index (χ4v) is 2.05. The van der Waals surface area contributed by atoms with Crippen molar-refractivity contribution >= 4 is 23.1 Å². The molecule has 0 bridgehead atoms. The maximum Gasteiger partial charge on any atom is 0.233 e. The summed E-state index contributed by atoms with van der Waals surface area (Å²) >= 11 is 4.94. The summed E-state index contributed by atoms with van der Waals surface area (Å²) in [5.74, 6) is 0.469. The third-order valence-corrected chi connectivity index (χ3v) is 3.61. The Bertz CT molecular complexity index is 272. The molecule has 3 nitrogen and oxygen atoms in total. The third kappa shape index (κ3) is 2.48. The van der Waals surface area contributed by atoms with Gasteiger partial charge in [-0.2, -0.15) is 0 Å². The van der Waals surface area contributed by atoms with Gasteiger partial charge in [-0.15, -0.1) is 0 Å². The molecule has 0 aromatic rings. The molecule has 0 spiro atoms. The molecule has 4 heteroatoms. The highest BCUT2D eigenvalue weighted by Crippen LogP contribution is 2.46. The predicted octanol–water partition coefficient (Wildman–Crippen LogP) is 1.60. The molecule has 0 aromatic heterocycles. The van der Waals surface area contributed by atoms with E-state index >= 15 is 0 Å². The molecule has 1 atom stereocenters. The number of hydrogen-bond donors (Lipinski definition) is 2. The first kappa shape index (κ1) is 12.4. The van der Waals surface area contributed by atoms with E-state index in [9.17, 15) is 4.79 Å². The maximum absolute atomic E-state index is 12.0. The van der Waals surface area contributed by atoms with E-state index < -0.39 is 5.41 Å². The zero-order valence-electron chi connectivity index (χ0n) is 9.67. The Kier molecular flexibility index (Phi) is 3.71. The lowest BCUT2D eigenvalue weighted by molar-refractivity contribution is -0.125. The monoisotopic (exact) mass is 228 g/mol. The molecule has 1 fully saturated rings. The summed E-state index contributed by atoms with van der Waals surface area (Å²) < 4.78 is 0. The Labute approximate surface area is 96.8 Å². The highest BCUT2D eigenvalue weighted by atomic mass is 32.1. The molecule has 1 saturated carbocycles. The van der Waals surface area contributed by atoms with Gasteiger partial charge in [0.1, 0.15) is 0 Å². The maximum atomic E-state index is 12.0. The van der Waals surface area contributed by atoms with Crippen LogP contribution in [0.5, 0.6) is 0 Å². The van der Waals surface area contributed by atoms with Crippen molar-refractivity contribution in [1.82, 2.24) is 5.32 Å². The molecule has 1 aliphatic rings. The lowest BCUT2D eigenvalue weighted by Crippen LogP contribution is -2.46. The fraction of sp³-hybridized carbons (Fsp3) is 0.818. The standard InChI is InChI=1S/C11H20N2OS/c1-4-8(7(2)3)13-10(14)11(5-6-11)9(12)15/h7-8H,4-6H2,1-3H3,(H2,12,15)(H,13,14). The second-order valence-corrected chi connectivity index (χ2v) is 5.12. The summed E-state index contributed by atoms with van der Waals surface area (Å²) in [6, 6.07) is 0.226. The molecule has 1 amide bonds. The van der Waals surface area contributed by atoms with Gasteiger partial charge in [-0.1, -0.05) is 33.0 Å². The van der Waals surface area contributed by atoms with Crippen LogP contribution in [0.4, 0.5) is 0 Å². The van der Waals surface area contributed by atoms with Gasteiger partial charge in [0.15, 0.2) is 0 Å². The van der Waals surface area contributed by atoms with Gasteiger partial charge in [0.25, 0.3) is 0 Å². The van der Waals surface area contributed by atoms with Crippen LogP contribution in [0, 0.1) is 11.3 Å². The van der Waals surface area contributed by atoms with Gasteiger partial charge in [-0.3, -0.25) is 4.79 Å². The predicted molar refractivity (Wildman–Crippen MR) is 65.5 cm³/mol. The average Bonchev–Trinajstić information content (AvgIpc) is 2.93. The number of rotatable bonds is 5. The molecular weight excluding hydrogens is 208 g/mol. The molecule has 0 radical (unpaired) electrons. The summed E-state index contributed by atoms with van der Waals surface area (Å²) in [4.78, 5) is 12.3. The molecule has 0 saturated heterocycles. The Hall–Kier alpha value is -0.640. The van der Waals surface area contributed by atoms with E-state index in [-0.39, 0.29) is 11.9 Å². The van der Waals surface area contributed by atoms with E-state index in [0.717, 1.165) is 19.3 Å². The number of nitrogens with one attached hydrogen (secondary N) is 1. The number of thiocarbonyl (C=S) groups is 1. The zero-order valence-corrected chi connectivity index (χ0v) is 10.5. The van der Waals surface area contributed by atoms with Crippen LogP contribution in [0.3, 0.4) is 0 Å². The Morgan fingerprint density at radius 3 is 2.33 bits per heavy atom. The van der Waals surface area contributed by atoms with E-state index in [1.807, 2.05) is 0 Å². The Balaban J connectivity index is 2.59. The molecule has 15 heavy (non-hydrogen) atoms. The van der Waals surface area contributed by atoms with Crippen LogP contribution in [-0.2, 0) is 4.79 Å². The van der Waals surface area contributed by atoms with Gasteiger partial charge in [0, 0.05) is 6.04 Å². The molecule has 0 aliphatic heterocycles. The van der Waals surface area contributed by atoms with Gasteiger partial charge in [0.05, 0.1) is 10.4 Å². The highest BCUT2D eigenvalue weighted by Gasteiger charge is 2.53. The van der Waals surface area contributed by atoms with Crippen molar-refractivity contribution in [3.05, 3.63) is 0 Å². The number of amides is 1. The molecule has 3 N–H and O–H groups in total. The average molecular weight is 228 g/mol. The summed E-state index contributed by atoms with van der Waals surface area (Å²) in [5, 5.41) is 3.04. The van der Waals surface area contributed by atoms with Gasteiger partial charge in [-0.05, 0) is 25.2 Å². The van der Waals surface area contributed by atoms with Crippen LogP contribution in [0.15, 0.2) is 0 Å². The molecule has 1 unspecified atom stereocenters. The minimum atomic E-state index is -0.516. The second-order valence-electron chi connectivity index (χ2n) is 4.68. The van der Waals surface area contributed by atoms with E-state index in [4.69, 9.17) is 18.0 Å². The normalized spacial score (nSPS) is 19.7. The quantitative estimate of drug-likeness (QED) is 0.703. The van der Waals surface area contributed by atoms with Crippen LogP contribution in [0.2, 0.25) is 0 Å². The van der Waals surface area contributed by atoms with Crippen molar-refractivity contribution in [2.45, 2.75) is 46.1 Å².